The molecule has 2 aliphatic rings. The smallest absolute Gasteiger partial charge is 0.253 e. The summed E-state index contributed by atoms with van der Waals surface area (Å²) in [5.74, 6) is 0.270. The van der Waals surface area contributed by atoms with Crippen LogP contribution in [0.4, 0.5) is 11.4 Å². The molecule has 1 aromatic heterocycles. The van der Waals surface area contributed by atoms with Crippen LogP contribution in [0.25, 0.3) is 0 Å². The Hall–Kier alpha value is -4.16. The minimum absolute atomic E-state index is 0.0267. The Kier molecular flexibility index (Phi) is 7.51. The number of halogens is 1. The summed E-state index contributed by atoms with van der Waals surface area (Å²) in [5.41, 5.74) is 4.72. The molecule has 40 heavy (non-hydrogen) atoms. The Morgan fingerprint density at radius 2 is 1.57 bits per heavy atom. The van der Waals surface area contributed by atoms with E-state index in [1.807, 2.05) is 101 Å². The molecule has 0 bridgehead atoms. The molecule has 4 aromatic rings. The fourth-order valence-electron chi connectivity index (χ4n) is 5.54. The molecule has 3 aromatic carbocycles. The maximum absolute atomic E-state index is 13.8. The van der Waals surface area contributed by atoms with Crippen LogP contribution in [0, 0.1) is 5.92 Å². The van der Waals surface area contributed by atoms with Crippen LogP contribution in [0.2, 0.25) is 5.02 Å². The van der Waals surface area contributed by atoms with Crippen molar-refractivity contribution in [3.05, 3.63) is 125 Å². The Labute approximate surface area is 239 Å². The molecule has 2 fully saturated rings. The summed E-state index contributed by atoms with van der Waals surface area (Å²) in [6, 6.07) is 29.3. The molecule has 0 spiro atoms. The zero-order valence-electron chi connectivity index (χ0n) is 22.2. The third kappa shape index (κ3) is 5.73. The van der Waals surface area contributed by atoms with E-state index >= 15 is 0 Å². The summed E-state index contributed by atoms with van der Waals surface area (Å²) in [7, 11) is 0. The molecular formula is C33H31ClN4O2. The number of hydrogen-bond donors (Lipinski definition) is 0. The van der Waals surface area contributed by atoms with Gasteiger partial charge < -0.3 is 14.7 Å². The number of aromatic nitrogens is 1. The molecule has 2 heterocycles. The van der Waals surface area contributed by atoms with Crippen LogP contribution in [-0.2, 0) is 11.3 Å². The van der Waals surface area contributed by atoms with Crippen LogP contribution in [0.5, 0.6) is 0 Å². The Balaban J connectivity index is 1.15. The quantitative estimate of drug-likeness (QED) is 0.282. The van der Waals surface area contributed by atoms with Gasteiger partial charge in [0.05, 0.1) is 6.54 Å². The van der Waals surface area contributed by atoms with Gasteiger partial charge in [0, 0.05) is 66.5 Å². The van der Waals surface area contributed by atoms with Gasteiger partial charge >= 0.3 is 0 Å². The highest BCUT2D eigenvalue weighted by Gasteiger charge is 2.46. The van der Waals surface area contributed by atoms with Crippen LogP contribution in [0.15, 0.2) is 103 Å². The van der Waals surface area contributed by atoms with Crippen LogP contribution in [0.1, 0.15) is 33.8 Å². The van der Waals surface area contributed by atoms with Gasteiger partial charge in [0.1, 0.15) is 0 Å². The van der Waals surface area contributed by atoms with Crippen molar-refractivity contribution in [2.45, 2.75) is 18.9 Å². The average Bonchev–Trinajstić information content (AvgIpc) is 3.82. The molecule has 202 valence electrons. The third-order valence-corrected chi connectivity index (χ3v) is 8.10. The number of pyridine rings is 1. The number of benzene rings is 3. The van der Waals surface area contributed by atoms with E-state index in [1.54, 1.807) is 12.4 Å². The van der Waals surface area contributed by atoms with Gasteiger partial charge in [-0.3, -0.25) is 14.6 Å². The van der Waals surface area contributed by atoms with Crippen molar-refractivity contribution in [2.24, 2.45) is 5.92 Å². The SMILES string of the molecule is O=C(c1cccc(CN(C(=O)[C@@H]2C[C@H]2c2ccc(Cl)cc2)c2ccccc2)c1)N1CCN(c2ccncc2)CC1. The number of nitrogens with zero attached hydrogens (tertiary/aromatic N) is 4. The van der Waals surface area contributed by atoms with Crippen LogP contribution in [-0.4, -0.2) is 47.9 Å². The molecular weight excluding hydrogens is 520 g/mol. The first-order valence-electron chi connectivity index (χ1n) is 13.7. The van der Waals surface area contributed by atoms with Gasteiger partial charge in [0.25, 0.3) is 5.91 Å². The molecule has 0 unspecified atom stereocenters. The zero-order chi connectivity index (χ0) is 27.5. The van der Waals surface area contributed by atoms with Crippen molar-refractivity contribution in [3.63, 3.8) is 0 Å². The summed E-state index contributed by atoms with van der Waals surface area (Å²) in [6.07, 6.45) is 4.42. The predicted molar refractivity (Wildman–Crippen MR) is 159 cm³/mol. The Bertz CT molecular complexity index is 1470. The van der Waals surface area contributed by atoms with Crippen molar-refractivity contribution in [2.75, 3.05) is 36.0 Å². The minimum atomic E-state index is -0.0668. The highest BCUT2D eigenvalue weighted by Crippen LogP contribution is 2.49. The monoisotopic (exact) mass is 550 g/mol. The van der Waals surface area contributed by atoms with E-state index in [0.717, 1.165) is 42.0 Å². The molecule has 7 heteroatoms. The molecule has 0 radical (unpaired) electrons. The molecule has 1 saturated carbocycles. The number of piperazine rings is 1. The summed E-state index contributed by atoms with van der Waals surface area (Å²) in [6.45, 7) is 3.29. The average molecular weight is 551 g/mol. The van der Waals surface area contributed by atoms with Crippen molar-refractivity contribution >= 4 is 34.8 Å². The molecule has 2 atom stereocenters. The van der Waals surface area contributed by atoms with Crippen molar-refractivity contribution in [3.8, 4) is 0 Å². The van der Waals surface area contributed by atoms with Crippen molar-refractivity contribution in [1.29, 1.82) is 0 Å². The van der Waals surface area contributed by atoms with E-state index < -0.39 is 0 Å². The first-order chi connectivity index (χ1) is 19.6. The van der Waals surface area contributed by atoms with E-state index in [-0.39, 0.29) is 23.7 Å². The van der Waals surface area contributed by atoms with Gasteiger partial charge in [-0.05, 0) is 72.0 Å². The van der Waals surface area contributed by atoms with Gasteiger partial charge in [-0.1, -0.05) is 54.1 Å². The second kappa shape index (κ2) is 11.5. The van der Waals surface area contributed by atoms with Gasteiger partial charge in [0.15, 0.2) is 0 Å². The predicted octanol–water partition coefficient (Wildman–Crippen LogP) is 6.03. The summed E-state index contributed by atoms with van der Waals surface area (Å²) in [5, 5.41) is 0.697. The van der Waals surface area contributed by atoms with Gasteiger partial charge in [-0.15, -0.1) is 0 Å². The second-order valence-corrected chi connectivity index (χ2v) is 10.9. The fraction of sp³-hybridized carbons (Fsp3) is 0.242. The van der Waals surface area contributed by atoms with Gasteiger partial charge in [0.2, 0.25) is 5.91 Å². The van der Waals surface area contributed by atoms with Crippen molar-refractivity contribution < 1.29 is 9.59 Å². The zero-order valence-corrected chi connectivity index (χ0v) is 23.0. The molecule has 0 N–H and O–H groups in total. The summed E-state index contributed by atoms with van der Waals surface area (Å²) in [4.78, 5) is 37.4. The Morgan fingerprint density at radius 1 is 0.850 bits per heavy atom. The van der Waals surface area contributed by atoms with Gasteiger partial charge in [-0.2, -0.15) is 0 Å². The summed E-state index contributed by atoms with van der Waals surface area (Å²) < 4.78 is 0. The lowest BCUT2D eigenvalue weighted by atomic mass is 10.1. The lowest BCUT2D eigenvalue weighted by molar-refractivity contribution is -0.120. The fourth-order valence-corrected chi connectivity index (χ4v) is 5.67. The number of hydrogen-bond acceptors (Lipinski definition) is 4. The van der Waals surface area contributed by atoms with Gasteiger partial charge in [-0.25, -0.2) is 0 Å². The molecule has 6 rings (SSSR count). The van der Waals surface area contributed by atoms with E-state index in [0.29, 0.717) is 30.2 Å². The highest BCUT2D eigenvalue weighted by atomic mass is 35.5. The normalized spacial score (nSPS) is 18.3. The molecule has 1 saturated heterocycles. The molecule has 6 nitrogen and oxygen atoms in total. The van der Waals surface area contributed by atoms with E-state index in [9.17, 15) is 9.59 Å². The lowest BCUT2D eigenvalue weighted by Gasteiger charge is -2.36. The number of rotatable bonds is 7. The van der Waals surface area contributed by atoms with Crippen LogP contribution < -0.4 is 9.80 Å². The van der Waals surface area contributed by atoms with E-state index in [4.69, 9.17) is 11.6 Å². The minimum Gasteiger partial charge on any atom is -0.368 e. The van der Waals surface area contributed by atoms with Crippen LogP contribution in [0.3, 0.4) is 0 Å². The standard InChI is InChI=1S/C33H31ClN4O2/c34-27-11-9-25(10-12-27)30-22-31(30)33(40)38(29-7-2-1-3-8-29)23-24-5-4-6-26(21-24)32(39)37-19-17-36(18-20-37)28-13-15-35-16-14-28/h1-16,21,30-31H,17-20,22-23H2/t30-,31+/m0/s1. The highest BCUT2D eigenvalue weighted by molar-refractivity contribution is 6.30. The largest absolute Gasteiger partial charge is 0.368 e. The van der Waals surface area contributed by atoms with Crippen LogP contribution >= 0.6 is 11.6 Å². The molecule has 1 aliphatic carbocycles. The number of amides is 2. The number of anilines is 2. The lowest BCUT2D eigenvalue weighted by Crippen LogP contribution is -2.48. The third-order valence-electron chi connectivity index (χ3n) is 7.85. The maximum Gasteiger partial charge on any atom is 0.253 e. The van der Waals surface area contributed by atoms with E-state index in [2.05, 4.69) is 9.88 Å². The first kappa shape index (κ1) is 26.1. The maximum atomic E-state index is 13.8. The number of para-hydroxylation sites is 1. The summed E-state index contributed by atoms with van der Waals surface area (Å²) >= 11 is 6.07. The first-order valence-corrected chi connectivity index (χ1v) is 14.1. The number of carbonyl (C=O) groups excluding carboxylic acids is 2. The van der Waals surface area contributed by atoms with E-state index in [1.165, 1.54) is 0 Å². The second-order valence-electron chi connectivity index (χ2n) is 10.4. The topological polar surface area (TPSA) is 56.8 Å². The van der Waals surface area contributed by atoms with Crippen molar-refractivity contribution in [1.82, 2.24) is 9.88 Å². The number of carbonyl (C=O) groups is 2. The molecule has 1 aliphatic heterocycles. The molecule has 2 amide bonds. The Morgan fingerprint density at radius 3 is 2.30 bits per heavy atom.